The molecule has 17 heavy (non-hydrogen) atoms. The Balaban J connectivity index is 2.65. The first kappa shape index (κ1) is 14.4. The van der Waals surface area contributed by atoms with Crippen molar-refractivity contribution in [3.05, 3.63) is 0 Å². The molecule has 100 valence electrons. The molecule has 5 nitrogen and oxygen atoms in total. The summed E-state index contributed by atoms with van der Waals surface area (Å²) in [6, 6.07) is 0. The molecule has 0 aliphatic carbocycles. The van der Waals surface area contributed by atoms with Crippen molar-refractivity contribution < 1.29 is 19.0 Å². The average Bonchev–Trinajstić information content (AvgIpc) is 2.30. The van der Waals surface area contributed by atoms with E-state index in [4.69, 9.17) is 14.2 Å². The number of methoxy groups -OCH3 is 1. The molecule has 2 unspecified atom stereocenters. The van der Waals surface area contributed by atoms with Gasteiger partial charge in [-0.25, -0.2) is 0 Å². The Morgan fingerprint density at radius 3 is 2.94 bits per heavy atom. The minimum absolute atomic E-state index is 0.0724. The minimum Gasteiger partial charge on any atom is -0.465 e. The van der Waals surface area contributed by atoms with Crippen molar-refractivity contribution >= 4 is 5.97 Å². The fourth-order valence-electron chi connectivity index (χ4n) is 2.17. The molecule has 0 amide bonds. The van der Waals surface area contributed by atoms with Crippen molar-refractivity contribution in [2.24, 2.45) is 0 Å². The van der Waals surface area contributed by atoms with E-state index in [2.05, 4.69) is 5.32 Å². The van der Waals surface area contributed by atoms with Gasteiger partial charge in [0.05, 0.1) is 19.3 Å². The van der Waals surface area contributed by atoms with E-state index in [1.54, 1.807) is 7.11 Å². The molecule has 1 aliphatic rings. The SMILES string of the molecule is CCOC(=O)C1(NCCOC)CCOC(C)C1. The summed E-state index contributed by atoms with van der Waals surface area (Å²) in [4.78, 5) is 12.1. The zero-order chi connectivity index (χ0) is 12.7. The van der Waals surface area contributed by atoms with Crippen LogP contribution in [0.1, 0.15) is 26.7 Å². The first-order valence-corrected chi connectivity index (χ1v) is 6.17. The summed E-state index contributed by atoms with van der Waals surface area (Å²) in [5.41, 5.74) is -0.605. The molecule has 0 radical (unpaired) electrons. The van der Waals surface area contributed by atoms with Crippen LogP contribution in [0, 0.1) is 0 Å². The molecule has 2 atom stereocenters. The third-order valence-electron chi connectivity index (χ3n) is 3.00. The van der Waals surface area contributed by atoms with E-state index < -0.39 is 5.54 Å². The number of nitrogens with one attached hydrogen (secondary N) is 1. The first-order valence-electron chi connectivity index (χ1n) is 6.17. The van der Waals surface area contributed by atoms with Crippen molar-refractivity contribution in [2.45, 2.75) is 38.3 Å². The van der Waals surface area contributed by atoms with Gasteiger partial charge in [-0.15, -0.1) is 0 Å². The molecule has 0 aromatic heterocycles. The van der Waals surface area contributed by atoms with E-state index >= 15 is 0 Å². The Hall–Kier alpha value is -0.650. The molecule has 0 aromatic carbocycles. The van der Waals surface area contributed by atoms with Crippen LogP contribution in [0.3, 0.4) is 0 Å². The molecule has 1 fully saturated rings. The number of carbonyl (C=O) groups excluding carboxylic acids is 1. The molecule has 0 aromatic rings. The van der Waals surface area contributed by atoms with Gasteiger partial charge in [-0.3, -0.25) is 10.1 Å². The topological polar surface area (TPSA) is 56.8 Å². The lowest BCUT2D eigenvalue weighted by atomic mass is 9.87. The normalized spacial score (nSPS) is 29.0. The van der Waals surface area contributed by atoms with Gasteiger partial charge >= 0.3 is 5.97 Å². The Morgan fingerprint density at radius 1 is 1.59 bits per heavy atom. The molecular weight excluding hydrogens is 222 g/mol. The number of ether oxygens (including phenoxy) is 3. The molecular formula is C12H23NO4. The maximum Gasteiger partial charge on any atom is 0.326 e. The van der Waals surface area contributed by atoms with Crippen LogP contribution in [0.15, 0.2) is 0 Å². The Morgan fingerprint density at radius 2 is 2.35 bits per heavy atom. The zero-order valence-electron chi connectivity index (χ0n) is 11.0. The van der Waals surface area contributed by atoms with Crippen molar-refractivity contribution in [3.8, 4) is 0 Å². The van der Waals surface area contributed by atoms with E-state index in [0.717, 1.165) is 0 Å². The largest absolute Gasteiger partial charge is 0.465 e. The van der Waals surface area contributed by atoms with Gasteiger partial charge in [-0.05, 0) is 20.3 Å². The van der Waals surface area contributed by atoms with E-state index in [9.17, 15) is 4.79 Å². The van der Waals surface area contributed by atoms with Gasteiger partial charge in [0.2, 0.25) is 0 Å². The smallest absolute Gasteiger partial charge is 0.326 e. The summed E-state index contributed by atoms with van der Waals surface area (Å²) >= 11 is 0. The van der Waals surface area contributed by atoms with Crippen molar-refractivity contribution in [3.63, 3.8) is 0 Å². The van der Waals surface area contributed by atoms with Crippen LogP contribution in [0.25, 0.3) is 0 Å². The van der Waals surface area contributed by atoms with Gasteiger partial charge in [0.15, 0.2) is 0 Å². The highest BCUT2D eigenvalue weighted by molar-refractivity contribution is 5.81. The van der Waals surface area contributed by atoms with Gasteiger partial charge in [-0.2, -0.15) is 0 Å². The van der Waals surface area contributed by atoms with Gasteiger partial charge in [0, 0.05) is 26.7 Å². The van der Waals surface area contributed by atoms with Gasteiger partial charge in [-0.1, -0.05) is 0 Å². The van der Waals surface area contributed by atoms with E-state index in [0.29, 0.717) is 39.2 Å². The molecule has 1 rings (SSSR count). The quantitative estimate of drug-likeness (QED) is 0.552. The zero-order valence-corrected chi connectivity index (χ0v) is 11.0. The lowest BCUT2D eigenvalue weighted by Gasteiger charge is -2.38. The fraction of sp³-hybridized carbons (Fsp3) is 0.917. The Bertz CT molecular complexity index is 247. The highest BCUT2D eigenvalue weighted by Gasteiger charge is 2.43. The number of esters is 1. The molecule has 0 bridgehead atoms. The van der Waals surface area contributed by atoms with Gasteiger partial charge in [0.1, 0.15) is 5.54 Å². The van der Waals surface area contributed by atoms with Gasteiger partial charge < -0.3 is 14.2 Å². The predicted octanol–water partition coefficient (Wildman–Crippen LogP) is 0.723. The molecule has 1 saturated heterocycles. The van der Waals surface area contributed by atoms with Crippen LogP contribution >= 0.6 is 0 Å². The lowest BCUT2D eigenvalue weighted by Crippen LogP contribution is -2.58. The fourth-order valence-corrected chi connectivity index (χ4v) is 2.17. The number of hydrogen-bond donors (Lipinski definition) is 1. The molecule has 0 saturated carbocycles. The monoisotopic (exact) mass is 245 g/mol. The highest BCUT2D eigenvalue weighted by Crippen LogP contribution is 2.26. The predicted molar refractivity (Wildman–Crippen MR) is 63.9 cm³/mol. The summed E-state index contributed by atoms with van der Waals surface area (Å²) in [6.07, 6.45) is 1.37. The second-order valence-electron chi connectivity index (χ2n) is 4.36. The van der Waals surface area contributed by atoms with Crippen LogP contribution in [0.5, 0.6) is 0 Å². The van der Waals surface area contributed by atoms with E-state index in [1.165, 1.54) is 0 Å². The lowest BCUT2D eigenvalue weighted by molar-refractivity contribution is -0.158. The molecule has 1 aliphatic heterocycles. The Kier molecular flexibility index (Phi) is 5.88. The first-order chi connectivity index (χ1) is 8.14. The van der Waals surface area contributed by atoms with Crippen LogP contribution in [0.2, 0.25) is 0 Å². The molecule has 0 spiro atoms. The Labute approximate surface area is 103 Å². The van der Waals surface area contributed by atoms with Crippen molar-refractivity contribution in [2.75, 3.05) is 33.5 Å². The summed E-state index contributed by atoms with van der Waals surface area (Å²) in [6.45, 7) is 6.01. The maximum absolute atomic E-state index is 12.1. The highest BCUT2D eigenvalue weighted by atomic mass is 16.5. The van der Waals surface area contributed by atoms with Gasteiger partial charge in [0.25, 0.3) is 0 Å². The third kappa shape index (κ3) is 3.94. The summed E-state index contributed by atoms with van der Waals surface area (Å²) in [5, 5.41) is 3.27. The second-order valence-corrected chi connectivity index (χ2v) is 4.36. The number of hydrogen-bond acceptors (Lipinski definition) is 5. The maximum atomic E-state index is 12.1. The van der Waals surface area contributed by atoms with E-state index in [1.807, 2.05) is 13.8 Å². The minimum atomic E-state index is -0.605. The number of carbonyl (C=O) groups is 1. The third-order valence-corrected chi connectivity index (χ3v) is 3.00. The van der Waals surface area contributed by atoms with Crippen LogP contribution in [-0.2, 0) is 19.0 Å². The van der Waals surface area contributed by atoms with E-state index in [-0.39, 0.29) is 12.1 Å². The molecule has 1 N–H and O–H groups in total. The van der Waals surface area contributed by atoms with Crippen LogP contribution in [-0.4, -0.2) is 51.1 Å². The number of rotatable bonds is 6. The van der Waals surface area contributed by atoms with Crippen LogP contribution in [0.4, 0.5) is 0 Å². The molecule has 1 heterocycles. The van der Waals surface area contributed by atoms with Crippen molar-refractivity contribution in [1.29, 1.82) is 0 Å². The second kappa shape index (κ2) is 6.93. The summed E-state index contributed by atoms with van der Waals surface area (Å²) in [5.74, 6) is -0.175. The summed E-state index contributed by atoms with van der Waals surface area (Å²) in [7, 11) is 1.64. The van der Waals surface area contributed by atoms with Crippen LogP contribution < -0.4 is 5.32 Å². The average molecular weight is 245 g/mol. The summed E-state index contributed by atoms with van der Waals surface area (Å²) < 4.78 is 15.7. The molecule has 5 heteroatoms. The standard InChI is InChI=1S/C12H23NO4/c1-4-16-11(14)12(13-6-8-15-3)5-7-17-10(2)9-12/h10,13H,4-9H2,1-3H3. The van der Waals surface area contributed by atoms with Crippen molar-refractivity contribution in [1.82, 2.24) is 5.32 Å².